The minimum Gasteiger partial charge on any atom is -0.466 e. The number of ether oxygens (including phenoxy) is 2. The van der Waals surface area contributed by atoms with E-state index in [9.17, 15) is 4.79 Å². The van der Waals surface area contributed by atoms with Crippen LogP contribution in [0.4, 0.5) is 0 Å². The normalized spacial score (nSPS) is 7.75. The molecule has 0 rings (SSSR count). The van der Waals surface area contributed by atoms with Crippen molar-refractivity contribution in [2.75, 3.05) is 19.8 Å². The van der Waals surface area contributed by atoms with Crippen molar-refractivity contribution in [3.63, 3.8) is 0 Å². The minimum atomic E-state index is -0.123. The van der Waals surface area contributed by atoms with Gasteiger partial charge >= 0.3 is 5.97 Å². The Morgan fingerprint density at radius 2 is 1.62 bits per heavy atom. The van der Waals surface area contributed by atoms with Gasteiger partial charge in [0.25, 0.3) is 0 Å². The van der Waals surface area contributed by atoms with Crippen LogP contribution in [0.2, 0.25) is 0 Å². The number of esters is 1. The van der Waals surface area contributed by atoms with Gasteiger partial charge in [-0.1, -0.05) is 19.1 Å². The topological polar surface area (TPSA) is 52.6 Å². The molecule has 0 aliphatic rings. The van der Waals surface area contributed by atoms with Crippen molar-refractivity contribution < 1.29 is 19.1 Å². The molecule has 4 heteroatoms. The average molecular weight is 232 g/mol. The van der Waals surface area contributed by atoms with E-state index >= 15 is 0 Å². The smallest absolute Gasteiger partial charge is 0.305 e. The van der Waals surface area contributed by atoms with Gasteiger partial charge in [-0.3, -0.25) is 4.79 Å². The third-order valence-electron chi connectivity index (χ3n) is 1.15. The van der Waals surface area contributed by atoms with E-state index in [1.54, 1.807) is 13.8 Å². The van der Waals surface area contributed by atoms with Gasteiger partial charge in [0.2, 0.25) is 0 Å². The second-order valence-electron chi connectivity index (χ2n) is 2.75. The number of hydrogen-bond donors (Lipinski definition) is 0. The monoisotopic (exact) mass is 232 g/mol. The van der Waals surface area contributed by atoms with Crippen molar-refractivity contribution >= 4 is 12.8 Å². The molecular weight excluding hydrogens is 208 g/mol. The van der Waals surface area contributed by atoms with E-state index < -0.39 is 0 Å². The van der Waals surface area contributed by atoms with Crippen molar-refractivity contribution in [1.82, 2.24) is 0 Å². The van der Waals surface area contributed by atoms with E-state index in [4.69, 9.17) is 9.53 Å². The highest BCUT2D eigenvalue weighted by Crippen LogP contribution is 1.85. The Bertz CT molecular complexity index is 166. The summed E-state index contributed by atoms with van der Waals surface area (Å²) in [6, 6.07) is 0. The zero-order chi connectivity index (χ0) is 13.4. The van der Waals surface area contributed by atoms with E-state index in [1.807, 2.05) is 20.6 Å². The lowest BCUT2D eigenvalue weighted by Crippen LogP contribution is -2.00. The van der Waals surface area contributed by atoms with Crippen LogP contribution in [0.3, 0.4) is 0 Å². The van der Waals surface area contributed by atoms with E-state index in [1.165, 1.54) is 0 Å². The van der Waals surface area contributed by atoms with Crippen LogP contribution in [0.15, 0.2) is 12.2 Å². The molecule has 0 saturated carbocycles. The van der Waals surface area contributed by atoms with Gasteiger partial charge in [-0.05, 0) is 20.8 Å². The summed E-state index contributed by atoms with van der Waals surface area (Å²) in [6.45, 7) is 15.2. The molecule has 0 heterocycles. The summed E-state index contributed by atoms with van der Waals surface area (Å²) in [5.74, 6) is -0.123. The molecule has 4 nitrogen and oxygen atoms in total. The lowest BCUT2D eigenvalue weighted by atomic mass is 10.4. The summed E-state index contributed by atoms with van der Waals surface area (Å²) in [7, 11) is 0. The van der Waals surface area contributed by atoms with Crippen LogP contribution < -0.4 is 0 Å². The van der Waals surface area contributed by atoms with Gasteiger partial charge in [-0.2, -0.15) is 0 Å². The van der Waals surface area contributed by atoms with Gasteiger partial charge in [-0.25, -0.2) is 0 Å². The zero-order valence-electron chi connectivity index (χ0n) is 10.9. The Morgan fingerprint density at radius 1 is 1.12 bits per heavy atom. The molecule has 0 bridgehead atoms. The molecule has 0 radical (unpaired) electrons. The second-order valence-corrected chi connectivity index (χ2v) is 2.75. The first-order chi connectivity index (χ1) is 7.58. The lowest BCUT2D eigenvalue weighted by Gasteiger charge is -1.95. The van der Waals surface area contributed by atoms with Gasteiger partial charge in [0, 0.05) is 13.0 Å². The first-order valence-corrected chi connectivity index (χ1v) is 5.24. The standard InChI is InChI=1S/C6H12O.C5H10O2.CH2O/c1-4-7-5-6(2)3;1-3-5(6)7-4-2;1-2/h2,4-5H2,1,3H3;3-4H2,1-2H3;1H2. The Morgan fingerprint density at radius 3 is 1.75 bits per heavy atom. The van der Waals surface area contributed by atoms with Gasteiger partial charge in [0.1, 0.15) is 6.79 Å². The number of hydrogen-bond acceptors (Lipinski definition) is 4. The fourth-order valence-electron chi connectivity index (χ4n) is 0.539. The quantitative estimate of drug-likeness (QED) is 0.539. The number of rotatable bonds is 5. The summed E-state index contributed by atoms with van der Waals surface area (Å²) in [5.41, 5.74) is 1.09. The second kappa shape index (κ2) is 19.4. The maximum absolute atomic E-state index is 10.2. The highest BCUT2D eigenvalue weighted by Gasteiger charge is 1.91. The zero-order valence-corrected chi connectivity index (χ0v) is 10.9. The third-order valence-corrected chi connectivity index (χ3v) is 1.15. The van der Waals surface area contributed by atoms with Crippen molar-refractivity contribution in [2.45, 2.75) is 34.1 Å². The van der Waals surface area contributed by atoms with Crippen molar-refractivity contribution in [1.29, 1.82) is 0 Å². The van der Waals surface area contributed by atoms with Crippen molar-refractivity contribution in [3.05, 3.63) is 12.2 Å². The molecule has 0 aliphatic carbocycles. The minimum absolute atomic E-state index is 0.123. The summed E-state index contributed by atoms with van der Waals surface area (Å²) in [5, 5.41) is 0. The Hall–Kier alpha value is -1.16. The molecule has 96 valence electrons. The highest BCUT2D eigenvalue weighted by molar-refractivity contribution is 5.68. The average Bonchev–Trinajstić information content (AvgIpc) is 2.30. The van der Waals surface area contributed by atoms with Gasteiger partial charge in [0.15, 0.2) is 0 Å². The summed E-state index contributed by atoms with van der Waals surface area (Å²) >= 11 is 0. The molecule has 0 fully saturated rings. The fourth-order valence-corrected chi connectivity index (χ4v) is 0.539. The van der Waals surface area contributed by atoms with Crippen LogP contribution >= 0.6 is 0 Å². The van der Waals surface area contributed by atoms with Gasteiger partial charge in [0.05, 0.1) is 13.2 Å². The van der Waals surface area contributed by atoms with E-state index in [0.29, 0.717) is 19.6 Å². The maximum Gasteiger partial charge on any atom is 0.305 e. The van der Waals surface area contributed by atoms with E-state index in [-0.39, 0.29) is 5.97 Å². The van der Waals surface area contributed by atoms with Crippen LogP contribution in [-0.4, -0.2) is 32.6 Å². The molecule has 16 heavy (non-hydrogen) atoms. The van der Waals surface area contributed by atoms with Crippen LogP contribution in [0.25, 0.3) is 0 Å². The van der Waals surface area contributed by atoms with Gasteiger partial charge < -0.3 is 14.3 Å². The molecule has 0 aromatic rings. The Balaban J connectivity index is -0.000000183. The predicted octanol–water partition coefficient (Wildman–Crippen LogP) is 2.37. The lowest BCUT2D eigenvalue weighted by molar-refractivity contribution is -0.142. The number of carbonyl (C=O) groups excluding carboxylic acids is 2. The van der Waals surface area contributed by atoms with Crippen LogP contribution in [0.1, 0.15) is 34.1 Å². The van der Waals surface area contributed by atoms with Crippen molar-refractivity contribution in [3.8, 4) is 0 Å². The molecular formula is C12H24O4. The predicted molar refractivity (Wildman–Crippen MR) is 65.4 cm³/mol. The molecule has 0 atom stereocenters. The van der Waals surface area contributed by atoms with E-state index in [0.717, 1.165) is 12.2 Å². The highest BCUT2D eigenvalue weighted by atomic mass is 16.5. The van der Waals surface area contributed by atoms with Crippen LogP contribution in [0, 0.1) is 0 Å². The first kappa shape index (κ1) is 20.3. The SMILES string of the molecule is C=C(C)COCC.C=O.CCOC(=O)CC. The third kappa shape index (κ3) is 29.3. The van der Waals surface area contributed by atoms with Gasteiger partial charge in [-0.15, -0.1) is 0 Å². The molecule has 0 aromatic heterocycles. The summed E-state index contributed by atoms with van der Waals surface area (Å²) in [4.78, 5) is 18.2. The summed E-state index contributed by atoms with van der Waals surface area (Å²) < 4.78 is 9.55. The molecule has 0 saturated heterocycles. The molecule has 0 aliphatic heterocycles. The van der Waals surface area contributed by atoms with E-state index in [2.05, 4.69) is 11.3 Å². The molecule has 0 aromatic carbocycles. The number of carbonyl (C=O) groups is 2. The molecule has 0 spiro atoms. The maximum atomic E-state index is 10.2. The Labute approximate surface area is 98.6 Å². The van der Waals surface area contributed by atoms with Crippen LogP contribution in [0.5, 0.6) is 0 Å². The summed E-state index contributed by atoms with van der Waals surface area (Å²) in [6.07, 6.45) is 0.480. The largest absolute Gasteiger partial charge is 0.466 e. The molecule has 0 N–H and O–H groups in total. The fraction of sp³-hybridized carbons (Fsp3) is 0.667. The van der Waals surface area contributed by atoms with Crippen molar-refractivity contribution in [2.24, 2.45) is 0 Å². The van der Waals surface area contributed by atoms with Crippen LogP contribution in [-0.2, 0) is 19.1 Å². The molecule has 0 amide bonds. The Kier molecular flexibility index (Phi) is 24.6. The molecule has 0 unspecified atom stereocenters. The first-order valence-electron chi connectivity index (χ1n) is 5.24.